The molecule has 0 saturated carbocycles. The van der Waals surface area contributed by atoms with Crippen molar-refractivity contribution in [3.8, 4) is 0 Å². The van der Waals surface area contributed by atoms with Crippen LogP contribution in [0.3, 0.4) is 0 Å². The van der Waals surface area contributed by atoms with Crippen LogP contribution in [0.4, 0.5) is 0 Å². The number of β-amino-alcohol motifs (C(OH)–C–C–N with tert-alkyl or cyclic N) is 1. The van der Waals surface area contributed by atoms with Crippen LogP contribution in [-0.2, 0) is 4.65 Å². The first-order chi connectivity index (χ1) is 7.31. The number of hydrogen-bond acceptors (Lipinski definition) is 3. The summed E-state index contributed by atoms with van der Waals surface area (Å²) >= 11 is 0. The van der Waals surface area contributed by atoms with E-state index in [0.29, 0.717) is 20.2 Å². The van der Waals surface area contributed by atoms with Crippen LogP contribution >= 0.6 is 0 Å². The average Bonchev–Trinajstić information content (AvgIpc) is 2.62. The predicted octanol–water partition coefficient (Wildman–Crippen LogP) is 0.707. The predicted molar refractivity (Wildman–Crippen MR) is 60.7 cm³/mol. The maximum atomic E-state index is 9.66. The largest absolute Gasteiger partial charge is 0.427 e. The minimum atomic E-state index is -0.231. The highest BCUT2D eigenvalue weighted by Crippen LogP contribution is 2.30. The summed E-state index contributed by atoms with van der Waals surface area (Å²) in [7, 11) is 2.27. The van der Waals surface area contributed by atoms with Gasteiger partial charge in [0.2, 0.25) is 0 Å². The number of hydrogen-bond donors (Lipinski definition) is 1. The molecule has 0 aromatic heterocycles. The molecule has 4 heteroatoms. The molecule has 0 aliphatic carbocycles. The zero-order valence-electron chi connectivity index (χ0n) is 8.97. The molecule has 15 heavy (non-hydrogen) atoms. The third-order valence-electron chi connectivity index (χ3n) is 2.86. The molecule has 1 saturated heterocycles. The summed E-state index contributed by atoms with van der Waals surface area (Å²) in [6.07, 6.45) is 0.568. The molecule has 1 aliphatic rings. The van der Waals surface area contributed by atoms with Crippen LogP contribution in [0.25, 0.3) is 0 Å². The average molecular weight is 205 g/mol. The molecule has 0 radical (unpaired) electrons. The van der Waals surface area contributed by atoms with Gasteiger partial charge in [0.25, 0.3) is 0 Å². The van der Waals surface area contributed by atoms with Crippen molar-refractivity contribution in [2.45, 2.75) is 18.6 Å². The summed E-state index contributed by atoms with van der Waals surface area (Å²) in [5, 5.41) is 9.66. The van der Waals surface area contributed by atoms with E-state index in [1.165, 1.54) is 5.56 Å². The van der Waals surface area contributed by atoms with Crippen molar-refractivity contribution in [1.82, 2.24) is 4.81 Å². The highest BCUT2D eigenvalue weighted by atomic mass is 16.4. The highest BCUT2D eigenvalue weighted by Gasteiger charge is 2.31. The molecule has 80 valence electrons. The number of rotatable bonds is 3. The zero-order chi connectivity index (χ0) is 10.7. The molecular formula is C11H16BNO2. The smallest absolute Gasteiger partial charge is 0.363 e. The van der Waals surface area contributed by atoms with Crippen LogP contribution < -0.4 is 0 Å². The van der Waals surface area contributed by atoms with Crippen molar-refractivity contribution in [3.05, 3.63) is 35.9 Å². The van der Waals surface area contributed by atoms with Crippen molar-refractivity contribution >= 4 is 7.62 Å². The molecule has 0 bridgehead atoms. The Kier molecular flexibility index (Phi) is 3.41. The Morgan fingerprint density at radius 3 is 2.80 bits per heavy atom. The SMILES string of the molecule is COBN1C[C@@H](O)C[C@H]1c1ccccc1. The lowest BCUT2D eigenvalue weighted by Crippen LogP contribution is -2.29. The van der Waals surface area contributed by atoms with E-state index in [9.17, 15) is 5.11 Å². The van der Waals surface area contributed by atoms with Gasteiger partial charge >= 0.3 is 7.62 Å². The molecule has 2 atom stereocenters. The molecule has 1 aromatic carbocycles. The van der Waals surface area contributed by atoms with Gasteiger partial charge in [0, 0.05) is 19.7 Å². The van der Waals surface area contributed by atoms with Crippen molar-refractivity contribution in [2.75, 3.05) is 13.7 Å². The maximum absolute atomic E-state index is 9.66. The molecule has 3 nitrogen and oxygen atoms in total. The molecule has 1 aromatic rings. The number of aliphatic hydroxyl groups is 1. The van der Waals surface area contributed by atoms with Crippen LogP contribution in [0.15, 0.2) is 30.3 Å². The van der Waals surface area contributed by atoms with Crippen LogP contribution in [-0.4, -0.2) is 37.3 Å². The molecule has 1 N–H and O–H groups in total. The van der Waals surface area contributed by atoms with Gasteiger partial charge in [-0.1, -0.05) is 30.3 Å². The summed E-state index contributed by atoms with van der Waals surface area (Å²) in [5.74, 6) is 0. The Labute approximate surface area is 91.0 Å². The van der Waals surface area contributed by atoms with Crippen LogP contribution in [0, 0.1) is 0 Å². The Bertz CT molecular complexity index is 307. The van der Waals surface area contributed by atoms with Gasteiger partial charge in [-0.3, -0.25) is 0 Å². The fourth-order valence-electron chi connectivity index (χ4n) is 2.21. The van der Waals surface area contributed by atoms with Gasteiger partial charge < -0.3 is 14.6 Å². The van der Waals surface area contributed by atoms with Crippen molar-refractivity contribution < 1.29 is 9.76 Å². The number of aliphatic hydroxyl groups excluding tert-OH is 1. The molecule has 2 rings (SSSR count). The topological polar surface area (TPSA) is 32.7 Å². The Morgan fingerprint density at radius 1 is 1.40 bits per heavy atom. The molecular weight excluding hydrogens is 189 g/mol. The Hall–Kier alpha value is -0.835. The Balaban J connectivity index is 2.13. The summed E-state index contributed by atoms with van der Waals surface area (Å²) in [6.45, 7) is 0.702. The normalized spacial score (nSPS) is 26.8. The summed E-state index contributed by atoms with van der Waals surface area (Å²) in [5.41, 5.74) is 1.26. The third kappa shape index (κ3) is 2.40. The minimum Gasteiger partial charge on any atom is -0.427 e. The summed E-state index contributed by atoms with van der Waals surface area (Å²) < 4.78 is 5.14. The van der Waals surface area contributed by atoms with E-state index in [1.807, 2.05) is 18.2 Å². The van der Waals surface area contributed by atoms with Gasteiger partial charge in [-0.25, -0.2) is 0 Å². The van der Waals surface area contributed by atoms with Crippen LogP contribution in [0.5, 0.6) is 0 Å². The van der Waals surface area contributed by atoms with E-state index in [1.54, 1.807) is 7.11 Å². The second-order valence-corrected chi connectivity index (χ2v) is 4.01. The van der Waals surface area contributed by atoms with Gasteiger partial charge in [0.1, 0.15) is 0 Å². The van der Waals surface area contributed by atoms with Gasteiger partial charge in [-0.15, -0.1) is 0 Å². The van der Waals surface area contributed by atoms with E-state index < -0.39 is 0 Å². The van der Waals surface area contributed by atoms with Crippen LogP contribution in [0.2, 0.25) is 0 Å². The van der Waals surface area contributed by atoms with Crippen molar-refractivity contribution in [1.29, 1.82) is 0 Å². The van der Waals surface area contributed by atoms with E-state index in [0.717, 1.165) is 6.42 Å². The molecule has 0 unspecified atom stereocenters. The van der Waals surface area contributed by atoms with E-state index in [-0.39, 0.29) is 6.10 Å². The molecule has 1 aliphatic heterocycles. The van der Waals surface area contributed by atoms with E-state index in [2.05, 4.69) is 16.9 Å². The maximum Gasteiger partial charge on any atom is 0.363 e. The lowest BCUT2D eigenvalue weighted by Gasteiger charge is -2.22. The number of benzene rings is 1. The zero-order valence-corrected chi connectivity index (χ0v) is 8.97. The van der Waals surface area contributed by atoms with Gasteiger partial charge in [-0.05, 0) is 12.0 Å². The standard InChI is InChI=1S/C11H16BNO2/c1-15-12-13-8-10(14)7-11(13)9-5-3-2-4-6-9/h2-6,10-12,14H,7-8H2,1H3/t10-,11-/m0/s1. The first kappa shape index (κ1) is 10.7. The highest BCUT2D eigenvalue weighted by molar-refractivity contribution is 6.23. The fraction of sp³-hybridized carbons (Fsp3) is 0.455. The van der Waals surface area contributed by atoms with Crippen molar-refractivity contribution in [3.63, 3.8) is 0 Å². The molecule has 0 amide bonds. The molecule has 1 heterocycles. The third-order valence-corrected chi connectivity index (χ3v) is 2.86. The molecule has 0 spiro atoms. The van der Waals surface area contributed by atoms with E-state index in [4.69, 9.17) is 4.65 Å². The lowest BCUT2D eigenvalue weighted by molar-refractivity contribution is 0.187. The lowest BCUT2D eigenvalue weighted by atomic mass is 10.0. The minimum absolute atomic E-state index is 0.231. The van der Waals surface area contributed by atoms with Gasteiger partial charge in [-0.2, -0.15) is 0 Å². The fourth-order valence-corrected chi connectivity index (χ4v) is 2.21. The van der Waals surface area contributed by atoms with E-state index >= 15 is 0 Å². The van der Waals surface area contributed by atoms with Gasteiger partial charge in [0.05, 0.1) is 6.10 Å². The summed E-state index contributed by atoms with van der Waals surface area (Å²) in [6, 6.07) is 10.6. The molecule has 1 fully saturated rings. The second-order valence-electron chi connectivity index (χ2n) is 4.01. The second kappa shape index (κ2) is 4.79. The number of nitrogens with zero attached hydrogens (tertiary/aromatic N) is 1. The quantitative estimate of drug-likeness (QED) is 0.737. The first-order valence-electron chi connectivity index (χ1n) is 5.27. The van der Waals surface area contributed by atoms with Gasteiger partial charge in [0.15, 0.2) is 0 Å². The Morgan fingerprint density at radius 2 is 2.13 bits per heavy atom. The first-order valence-corrected chi connectivity index (χ1v) is 5.27. The van der Waals surface area contributed by atoms with Crippen LogP contribution in [0.1, 0.15) is 18.0 Å². The van der Waals surface area contributed by atoms with Crippen molar-refractivity contribution in [2.24, 2.45) is 0 Å². The monoisotopic (exact) mass is 205 g/mol. The summed E-state index contributed by atoms with van der Waals surface area (Å²) in [4.78, 5) is 2.17.